The summed E-state index contributed by atoms with van der Waals surface area (Å²) in [4.78, 5) is 22.0. The predicted octanol–water partition coefficient (Wildman–Crippen LogP) is -1.99. The smallest absolute Gasteiger partial charge is 0.326 e. The van der Waals surface area contributed by atoms with Crippen molar-refractivity contribution in [1.29, 1.82) is 0 Å². The molecule has 1 atom stereocenters. The molecule has 0 saturated heterocycles. The Morgan fingerprint density at radius 2 is 1.89 bits per heavy atom. The minimum Gasteiger partial charge on any atom is -0.480 e. The molecular weight excluding hydrogens is 278 g/mol. The Hall–Kier alpha value is -1.39. The summed E-state index contributed by atoms with van der Waals surface area (Å²) in [5, 5.41) is 21.7. The van der Waals surface area contributed by atoms with E-state index in [1.807, 2.05) is 0 Å². The summed E-state index contributed by atoms with van der Waals surface area (Å²) in [6.07, 6.45) is -0.126. The molecule has 0 aromatic heterocycles. The van der Waals surface area contributed by atoms with Crippen molar-refractivity contribution in [3.63, 3.8) is 0 Å². The zero-order valence-corrected chi connectivity index (χ0v) is 11.6. The first-order chi connectivity index (χ1) is 8.70. The Bertz CT molecular complexity index is 408. The first-order valence-corrected chi connectivity index (χ1v) is 7.10. The molecule has 0 heterocycles. The van der Waals surface area contributed by atoms with Gasteiger partial charge in [-0.2, -0.15) is 0 Å². The summed E-state index contributed by atoms with van der Waals surface area (Å²) in [6, 6.07) is -2.01. The Labute approximate surface area is 111 Å². The maximum atomic E-state index is 11.4. The van der Waals surface area contributed by atoms with Crippen LogP contribution in [-0.4, -0.2) is 74.0 Å². The van der Waals surface area contributed by atoms with Crippen LogP contribution in [0.25, 0.3) is 0 Å². The van der Waals surface area contributed by atoms with Crippen LogP contribution in [0.4, 0.5) is 4.79 Å². The maximum absolute atomic E-state index is 11.4. The van der Waals surface area contributed by atoms with Crippen LogP contribution in [0.5, 0.6) is 0 Å². The van der Waals surface area contributed by atoms with Crippen molar-refractivity contribution in [2.45, 2.75) is 12.5 Å². The van der Waals surface area contributed by atoms with Crippen molar-refractivity contribution in [1.82, 2.24) is 14.9 Å². The Morgan fingerprint density at radius 3 is 2.32 bits per heavy atom. The molecule has 0 spiro atoms. The highest BCUT2D eigenvalue weighted by molar-refractivity contribution is 7.89. The molecule has 10 heteroatoms. The second kappa shape index (κ2) is 7.92. The lowest BCUT2D eigenvalue weighted by Crippen LogP contribution is -2.47. The highest BCUT2D eigenvalue weighted by Gasteiger charge is 2.19. The van der Waals surface area contributed by atoms with Gasteiger partial charge < -0.3 is 20.8 Å². The molecule has 4 N–H and O–H groups in total. The van der Waals surface area contributed by atoms with Gasteiger partial charge in [-0.15, -0.1) is 0 Å². The molecule has 0 aromatic rings. The van der Waals surface area contributed by atoms with E-state index < -0.39 is 28.1 Å². The van der Waals surface area contributed by atoms with E-state index in [0.29, 0.717) is 0 Å². The molecule has 19 heavy (non-hydrogen) atoms. The van der Waals surface area contributed by atoms with Gasteiger partial charge in [0.25, 0.3) is 0 Å². The number of amides is 2. The Kier molecular flexibility index (Phi) is 7.34. The number of carbonyl (C=O) groups excluding carboxylic acids is 1. The van der Waals surface area contributed by atoms with Gasteiger partial charge in [0.15, 0.2) is 0 Å². The third-order valence-corrected chi connectivity index (χ3v) is 4.06. The van der Waals surface area contributed by atoms with Crippen molar-refractivity contribution >= 4 is 22.0 Å². The van der Waals surface area contributed by atoms with Crippen LogP contribution in [0.2, 0.25) is 0 Å². The fraction of sp³-hybridized carbons (Fsp3) is 0.778. The van der Waals surface area contributed by atoms with E-state index in [2.05, 4.69) is 10.6 Å². The van der Waals surface area contributed by atoms with Crippen molar-refractivity contribution < 1.29 is 28.2 Å². The number of rotatable bonds is 8. The summed E-state index contributed by atoms with van der Waals surface area (Å²) in [6.45, 7) is -0.524. The summed E-state index contributed by atoms with van der Waals surface area (Å²) in [5.41, 5.74) is 0. The van der Waals surface area contributed by atoms with Crippen LogP contribution in [0.1, 0.15) is 6.42 Å². The van der Waals surface area contributed by atoms with Gasteiger partial charge >= 0.3 is 12.0 Å². The molecule has 0 fully saturated rings. The molecule has 112 valence electrons. The van der Waals surface area contributed by atoms with Crippen molar-refractivity contribution in [3.05, 3.63) is 0 Å². The molecule has 2 amide bonds. The number of aliphatic hydroxyl groups excluding tert-OH is 1. The molecule has 0 saturated carbocycles. The summed E-state index contributed by atoms with van der Waals surface area (Å²) >= 11 is 0. The van der Waals surface area contributed by atoms with Gasteiger partial charge in [0.2, 0.25) is 10.0 Å². The first-order valence-electron chi connectivity index (χ1n) is 5.49. The number of urea groups is 1. The zero-order chi connectivity index (χ0) is 15.1. The van der Waals surface area contributed by atoms with E-state index in [9.17, 15) is 18.0 Å². The quantitative estimate of drug-likeness (QED) is 0.409. The minimum atomic E-state index is -3.41. The molecule has 9 nitrogen and oxygen atoms in total. The number of aliphatic carboxylic acids is 1. The SMILES string of the molecule is CN(C)S(=O)(=O)CCNC(=O)N[C@H](CCO)C(=O)O. The maximum Gasteiger partial charge on any atom is 0.326 e. The fourth-order valence-corrected chi connectivity index (χ4v) is 1.80. The van der Waals surface area contributed by atoms with Gasteiger partial charge in [0, 0.05) is 33.7 Å². The van der Waals surface area contributed by atoms with Gasteiger partial charge in [-0.1, -0.05) is 0 Å². The van der Waals surface area contributed by atoms with E-state index in [0.717, 1.165) is 4.31 Å². The largest absolute Gasteiger partial charge is 0.480 e. The third-order valence-electron chi connectivity index (χ3n) is 2.22. The lowest BCUT2D eigenvalue weighted by Gasteiger charge is -2.15. The van der Waals surface area contributed by atoms with Gasteiger partial charge in [-0.05, 0) is 0 Å². The Morgan fingerprint density at radius 1 is 1.32 bits per heavy atom. The molecule has 0 aliphatic rings. The fourth-order valence-electron chi connectivity index (χ4n) is 1.07. The highest BCUT2D eigenvalue weighted by atomic mass is 32.2. The molecular formula is C9H19N3O6S. The predicted molar refractivity (Wildman–Crippen MR) is 67.1 cm³/mol. The van der Waals surface area contributed by atoms with Crippen molar-refractivity contribution in [2.24, 2.45) is 0 Å². The van der Waals surface area contributed by atoms with Gasteiger partial charge in [0.1, 0.15) is 6.04 Å². The number of carboxylic acids is 1. The summed E-state index contributed by atoms with van der Waals surface area (Å²) < 4.78 is 23.8. The number of aliphatic hydroxyl groups is 1. The average molecular weight is 297 g/mol. The molecule has 0 aliphatic heterocycles. The average Bonchev–Trinajstić information content (AvgIpc) is 2.27. The zero-order valence-electron chi connectivity index (χ0n) is 10.8. The van der Waals surface area contributed by atoms with Gasteiger partial charge in [0.05, 0.1) is 5.75 Å². The molecule has 0 bridgehead atoms. The first kappa shape index (κ1) is 17.6. The van der Waals surface area contributed by atoms with Crippen molar-refractivity contribution in [3.8, 4) is 0 Å². The summed E-state index contributed by atoms with van der Waals surface area (Å²) in [7, 11) is -0.670. The molecule has 0 radical (unpaired) electrons. The monoisotopic (exact) mass is 297 g/mol. The number of hydrogen-bond donors (Lipinski definition) is 4. The minimum absolute atomic E-state index is 0.126. The lowest BCUT2D eigenvalue weighted by molar-refractivity contribution is -0.139. The summed E-state index contributed by atoms with van der Waals surface area (Å²) in [5.74, 6) is -1.56. The van der Waals surface area contributed by atoms with Crippen LogP contribution >= 0.6 is 0 Å². The second-order valence-corrected chi connectivity index (χ2v) is 6.20. The standard InChI is InChI=1S/C9H19N3O6S/c1-12(2)19(17,18)6-4-10-9(16)11-7(3-5-13)8(14)15/h7,13H,3-6H2,1-2H3,(H,14,15)(H2,10,11,16)/t7-/m1/s1. The van der Waals surface area contributed by atoms with Gasteiger partial charge in [-0.25, -0.2) is 22.3 Å². The number of hydrogen-bond acceptors (Lipinski definition) is 5. The van der Waals surface area contributed by atoms with E-state index in [4.69, 9.17) is 10.2 Å². The number of sulfonamides is 1. The molecule has 0 rings (SSSR count). The van der Waals surface area contributed by atoms with Crippen molar-refractivity contribution in [2.75, 3.05) is 33.0 Å². The lowest BCUT2D eigenvalue weighted by atomic mass is 10.2. The van der Waals surface area contributed by atoms with Crippen LogP contribution in [0, 0.1) is 0 Å². The van der Waals surface area contributed by atoms with E-state index in [1.165, 1.54) is 14.1 Å². The normalized spacial score (nSPS) is 13.1. The third kappa shape index (κ3) is 6.94. The van der Waals surface area contributed by atoms with Crippen LogP contribution in [0.15, 0.2) is 0 Å². The van der Waals surface area contributed by atoms with Gasteiger partial charge in [-0.3, -0.25) is 0 Å². The highest BCUT2D eigenvalue weighted by Crippen LogP contribution is 1.93. The number of carbonyl (C=O) groups is 2. The Balaban J connectivity index is 4.16. The number of nitrogens with one attached hydrogen (secondary N) is 2. The van der Waals surface area contributed by atoms with E-state index in [-0.39, 0.29) is 25.3 Å². The molecule has 0 aliphatic carbocycles. The van der Waals surface area contributed by atoms with E-state index in [1.54, 1.807) is 0 Å². The van der Waals surface area contributed by atoms with Crippen LogP contribution in [-0.2, 0) is 14.8 Å². The number of carboxylic acid groups (broad SMARTS) is 1. The van der Waals surface area contributed by atoms with Crippen LogP contribution in [0.3, 0.4) is 0 Å². The molecule has 0 unspecified atom stereocenters. The topological polar surface area (TPSA) is 136 Å². The molecule has 0 aromatic carbocycles. The van der Waals surface area contributed by atoms with Crippen LogP contribution < -0.4 is 10.6 Å². The second-order valence-electron chi connectivity index (χ2n) is 3.90. The number of nitrogens with zero attached hydrogens (tertiary/aromatic N) is 1. The van der Waals surface area contributed by atoms with E-state index >= 15 is 0 Å².